The van der Waals surface area contributed by atoms with Crippen molar-refractivity contribution in [3.63, 3.8) is 0 Å². The predicted molar refractivity (Wildman–Crippen MR) is 65.0 cm³/mol. The topological polar surface area (TPSA) is 15.3 Å². The number of likely N-dealkylation sites (tertiary alicyclic amines) is 1. The summed E-state index contributed by atoms with van der Waals surface area (Å²) in [5.41, 5.74) is 0. The van der Waals surface area contributed by atoms with Gasteiger partial charge in [-0.2, -0.15) is 0 Å². The predicted octanol–water partition coefficient (Wildman–Crippen LogP) is 2.03. The van der Waals surface area contributed by atoms with Crippen molar-refractivity contribution in [2.75, 3.05) is 26.7 Å². The van der Waals surface area contributed by atoms with E-state index in [1.54, 1.807) is 0 Å². The van der Waals surface area contributed by atoms with Gasteiger partial charge in [0.2, 0.25) is 0 Å². The van der Waals surface area contributed by atoms with Crippen molar-refractivity contribution in [1.29, 1.82) is 0 Å². The van der Waals surface area contributed by atoms with Crippen molar-refractivity contribution in [3.05, 3.63) is 12.2 Å². The number of nitrogens with zero attached hydrogens (tertiary/aromatic N) is 1. The Morgan fingerprint density at radius 2 is 2.00 bits per heavy atom. The lowest BCUT2D eigenvalue weighted by atomic mass is 9.93. The Hall–Kier alpha value is -0.340. The average Bonchev–Trinajstić information content (AvgIpc) is 2.30. The van der Waals surface area contributed by atoms with Crippen molar-refractivity contribution in [2.24, 2.45) is 5.92 Å². The molecule has 2 rings (SSSR count). The zero-order valence-electron chi connectivity index (χ0n) is 9.91. The summed E-state index contributed by atoms with van der Waals surface area (Å²) in [4.78, 5) is 2.43. The third-order valence-corrected chi connectivity index (χ3v) is 3.79. The lowest BCUT2D eigenvalue weighted by Crippen LogP contribution is -2.42. The summed E-state index contributed by atoms with van der Waals surface area (Å²) in [5.74, 6) is 0.898. The molecule has 0 saturated carbocycles. The fourth-order valence-corrected chi connectivity index (χ4v) is 2.59. The highest BCUT2D eigenvalue weighted by Crippen LogP contribution is 2.18. The second-order valence-electron chi connectivity index (χ2n) is 5.14. The molecular weight excluding hydrogens is 184 g/mol. The molecule has 0 unspecified atom stereocenters. The average molecular weight is 208 g/mol. The Labute approximate surface area is 93.7 Å². The van der Waals surface area contributed by atoms with Crippen LogP contribution >= 0.6 is 0 Å². The number of piperidine rings is 1. The molecule has 1 saturated heterocycles. The number of rotatable bonds is 3. The standard InChI is InChI=1S/C13H24N2/c1-15-9-7-13(8-10-15)14-11-12-5-3-2-4-6-12/h2-3,12-14H,4-11H2,1H3/t12-/m1/s1. The molecule has 1 N–H and O–H groups in total. The van der Waals surface area contributed by atoms with E-state index in [9.17, 15) is 0 Å². The third kappa shape index (κ3) is 3.62. The van der Waals surface area contributed by atoms with Crippen molar-refractivity contribution < 1.29 is 0 Å². The van der Waals surface area contributed by atoms with Crippen LogP contribution in [0.25, 0.3) is 0 Å². The molecule has 2 aliphatic rings. The van der Waals surface area contributed by atoms with Gasteiger partial charge in [0.1, 0.15) is 0 Å². The first kappa shape index (κ1) is 11.2. The van der Waals surface area contributed by atoms with Crippen molar-refractivity contribution >= 4 is 0 Å². The smallest absolute Gasteiger partial charge is 0.00915 e. The summed E-state index contributed by atoms with van der Waals surface area (Å²) < 4.78 is 0. The molecule has 2 heteroatoms. The molecule has 0 spiro atoms. The van der Waals surface area contributed by atoms with Gasteiger partial charge in [-0.15, -0.1) is 0 Å². The molecular formula is C13H24N2. The first-order valence-corrected chi connectivity index (χ1v) is 6.41. The highest BCUT2D eigenvalue weighted by molar-refractivity contribution is 4.91. The molecule has 0 aromatic heterocycles. The summed E-state index contributed by atoms with van der Waals surface area (Å²) in [7, 11) is 2.22. The summed E-state index contributed by atoms with van der Waals surface area (Å²) in [5, 5.41) is 3.75. The zero-order chi connectivity index (χ0) is 10.5. The maximum Gasteiger partial charge on any atom is 0.00915 e. The van der Waals surface area contributed by atoms with Gasteiger partial charge in [-0.1, -0.05) is 12.2 Å². The molecule has 0 bridgehead atoms. The van der Waals surface area contributed by atoms with Crippen LogP contribution in [0.15, 0.2) is 12.2 Å². The van der Waals surface area contributed by atoms with Gasteiger partial charge in [0, 0.05) is 6.04 Å². The maximum atomic E-state index is 3.75. The van der Waals surface area contributed by atoms with Crippen LogP contribution < -0.4 is 5.32 Å². The minimum atomic E-state index is 0.784. The molecule has 1 heterocycles. The van der Waals surface area contributed by atoms with E-state index < -0.39 is 0 Å². The van der Waals surface area contributed by atoms with Crippen LogP contribution in [-0.2, 0) is 0 Å². The molecule has 15 heavy (non-hydrogen) atoms. The van der Waals surface area contributed by atoms with Gasteiger partial charge in [-0.25, -0.2) is 0 Å². The minimum Gasteiger partial charge on any atom is -0.314 e. The SMILES string of the molecule is CN1CCC(NC[C@@H]2CC=CCC2)CC1. The van der Waals surface area contributed by atoms with Gasteiger partial charge >= 0.3 is 0 Å². The first-order chi connectivity index (χ1) is 7.34. The van der Waals surface area contributed by atoms with Crippen LogP contribution in [0.2, 0.25) is 0 Å². The molecule has 86 valence electrons. The van der Waals surface area contributed by atoms with Crippen molar-refractivity contribution in [1.82, 2.24) is 10.2 Å². The summed E-state index contributed by atoms with van der Waals surface area (Å²) >= 11 is 0. The summed E-state index contributed by atoms with van der Waals surface area (Å²) in [6.45, 7) is 3.77. The van der Waals surface area contributed by atoms with Gasteiger partial charge < -0.3 is 10.2 Å². The van der Waals surface area contributed by atoms with Crippen LogP contribution in [0.3, 0.4) is 0 Å². The highest BCUT2D eigenvalue weighted by atomic mass is 15.1. The van der Waals surface area contributed by atoms with Gasteiger partial charge in [-0.3, -0.25) is 0 Å². The molecule has 1 atom stereocenters. The lowest BCUT2D eigenvalue weighted by Gasteiger charge is -2.31. The largest absolute Gasteiger partial charge is 0.314 e. The number of hydrogen-bond donors (Lipinski definition) is 1. The quantitative estimate of drug-likeness (QED) is 0.714. The van der Waals surface area contributed by atoms with Crippen LogP contribution in [-0.4, -0.2) is 37.6 Å². The van der Waals surface area contributed by atoms with Gasteiger partial charge in [0.05, 0.1) is 0 Å². The maximum absolute atomic E-state index is 3.75. The van der Waals surface area contributed by atoms with E-state index in [0.717, 1.165) is 12.0 Å². The van der Waals surface area contributed by atoms with Gasteiger partial charge in [0.25, 0.3) is 0 Å². The zero-order valence-corrected chi connectivity index (χ0v) is 9.91. The summed E-state index contributed by atoms with van der Waals surface area (Å²) in [6.07, 6.45) is 11.3. The fraction of sp³-hybridized carbons (Fsp3) is 0.846. The Morgan fingerprint density at radius 1 is 1.20 bits per heavy atom. The molecule has 0 amide bonds. The van der Waals surface area contributed by atoms with Crippen LogP contribution in [0.5, 0.6) is 0 Å². The highest BCUT2D eigenvalue weighted by Gasteiger charge is 2.17. The van der Waals surface area contributed by atoms with Gasteiger partial charge in [0.15, 0.2) is 0 Å². The number of nitrogens with one attached hydrogen (secondary N) is 1. The Morgan fingerprint density at radius 3 is 2.67 bits per heavy atom. The fourth-order valence-electron chi connectivity index (χ4n) is 2.59. The van der Waals surface area contributed by atoms with E-state index in [2.05, 4.69) is 29.4 Å². The van der Waals surface area contributed by atoms with E-state index in [1.165, 1.54) is 51.7 Å². The minimum absolute atomic E-state index is 0.784. The van der Waals surface area contributed by atoms with Crippen LogP contribution in [0.1, 0.15) is 32.1 Å². The number of allylic oxidation sites excluding steroid dienone is 2. The van der Waals surface area contributed by atoms with E-state index >= 15 is 0 Å². The van der Waals surface area contributed by atoms with Crippen molar-refractivity contribution in [2.45, 2.75) is 38.1 Å². The molecule has 0 aromatic carbocycles. The molecule has 0 radical (unpaired) electrons. The van der Waals surface area contributed by atoms with Gasteiger partial charge in [-0.05, 0) is 64.7 Å². The van der Waals surface area contributed by atoms with E-state index in [0.29, 0.717) is 0 Å². The Kier molecular flexibility index (Phi) is 4.21. The lowest BCUT2D eigenvalue weighted by molar-refractivity contribution is 0.228. The molecule has 1 fully saturated rings. The van der Waals surface area contributed by atoms with E-state index in [1.807, 2.05) is 0 Å². The Balaban J connectivity index is 1.63. The van der Waals surface area contributed by atoms with Crippen LogP contribution in [0, 0.1) is 5.92 Å². The summed E-state index contributed by atoms with van der Waals surface area (Å²) in [6, 6.07) is 0.784. The molecule has 1 aliphatic heterocycles. The normalized spacial score (nSPS) is 29.5. The third-order valence-electron chi connectivity index (χ3n) is 3.79. The second-order valence-corrected chi connectivity index (χ2v) is 5.14. The van der Waals surface area contributed by atoms with E-state index in [4.69, 9.17) is 0 Å². The van der Waals surface area contributed by atoms with E-state index in [-0.39, 0.29) is 0 Å². The molecule has 2 nitrogen and oxygen atoms in total. The van der Waals surface area contributed by atoms with Crippen LogP contribution in [0.4, 0.5) is 0 Å². The monoisotopic (exact) mass is 208 g/mol. The first-order valence-electron chi connectivity index (χ1n) is 6.41. The molecule has 1 aliphatic carbocycles. The molecule has 0 aromatic rings. The number of hydrogen-bond acceptors (Lipinski definition) is 2. The second kappa shape index (κ2) is 5.66. The van der Waals surface area contributed by atoms with Crippen molar-refractivity contribution in [3.8, 4) is 0 Å². The Bertz CT molecular complexity index is 205.